The molecular formula is C17H17N5O2S. The zero-order valence-electron chi connectivity index (χ0n) is 14.1. The molecule has 0 aliphatic carbocycles. The van der Waals surface area contributed by atoms with Crippen LogP contribution >= 0.6 is 0 Å². The standard InChI is InChI=1S/C17H17N5O2S/c1-21(2)25(23,24)13-6-4-5-11(7-13)15-8-14-16-12(10-19-22(16)3)9-18-17(14)20-15/h4-10,19H,1-3H3. The number of hydrogen-bond acceptors (Lipinski definition) is 4. The minimum atomic E-state index is -3.49. The highest BCUT2D eigenvalue weighted by Gasteiger charge is 2.18. The lowest BCUT2D eigenvalue weighted by atomic mass is 10.1. The van der Waals surface area contributed by atoms with Crippen LogP contribution in [0.25, 0.3) is 33.2 Å². The molecule has 4 aromatic rings. The molecule has 0 atom stereocenters. The Hall–Kier alpha value is -2.71. The Morgan fingerprint density at radius 1 is 1.20 bits per heavy atom. The average molecular weight is 355 g/mol. The number of hydrogen-bond donors (Lipinski definition) is 1. The molecule has 0 aliphatic rings. The Morgan fingerprint density at radius 3 is 2.76 bits per heavy atom. The third-order valence-corrected chi connectivity index (χ3v) is 6.07. The van der Waals surface area contributed by atoms with Crippen molar-refractivity contribution in [3.8, 4) is 11.3 Å². The SMILES string of the molecule is CN(C)S(=O)(=O)c1cccc(-c2cc3c(ncc4c[nH]n(C)c43)n2)c1. The van der Waals surface area contributed by atoms with Gasteiger partial charge in [0.05, 0.1) is 16.1 Å². The average Bonchev–Trinajstić information content (AvgIpc) is 3.18. The van der Waals surface area contributed by atoms with E-state index in [0.717, 1.165) is 21.9 Å². The fourth-order valence-corrected chi connectivity index (χ4v) is 3.86. The molecule has 1 N–H and O–H groups in total. The first kappa shape index (κ1) is 15.8. The van der Waals surface area contributed by atoms with Crippen LogP contribution < -0.4 is 0 Å². The van der Waals surface area contributed by atoms with E-state index in [2.05, 4.69) is 15.1 Å². The fourth-order valence-electron chi connectivity index (χ4n) is 2.91. The summed E-state index contributed by atoms with van der Waals surface area (Å²) < 4.78 is 27.8. The number of aryl methyl sites for hydroxylation is 1. The predicted molar refractivity (Wildman–Crippen MR) is 96.7 cm³/mol. The number of benzene rings is 1. The molecule has 4 rings (SSSR count). The van der Waals surface area contributed by atoms with Crippen LogP contribution in [0.5, 0.6) is 0 Å². The quantitative estimate of drug-likeness (QED) is 0.611. The van der Waals surface area contributed by atoms with Crippen molar-refractivity contribution >= 4 is 32.0 Å². The maximum absolute atomic E-state index is 12.4. The molecule has 25 heavy (non-hydrogen) atoms. The van der Waals surface area contributed by atoms with E-state index in [1.165, 1.54) is 18.4 Å². The van der Waals surface area contributed by atoms with Gasteiger partial charge in [-0.3, -0.25) is 4.68 Å². The second-order valence-electron chi connectivity index (χ2n) is 6.09. The second-order valence-corrected chi connectivity index (χ2v) is 8.24. The van der Waals surface area contributed by atoms with Gasteiger partial charge in [-0.15, -0.1) is 0 Å². The number of nitrogens with zero attached hydrogens (tertiary/aromatic N) is 4. The largest absolute Gasteiger partial charge is 0.305 e. The zero-order valence-corrected chi connectivity index (χ0v) is 14.9. The van der Waals surface area contributed by atoms with E-state index in [-0.39, 0.29) is 4.90 Å². The predicted octanol–water partition coefficient (Wildman–Crippen LogP) is 2.37. The third kappa shape index (κ3) is 2.41. The molecule has 3 aromatic heterocycles. The summed E-state index contributed by atoms with van der Waals surface area (Å²) in [6.07, 6.45) is 3.66. The van der Waals surface area contributed by atoms with Crippen LogP contribution in [0.3, 0.4) is 0 Å². The van der Waals surface area contributed by atoms with Crippen LogP contribution in [0.2, 0.25) is 0 Å². The van der Waals surface area contributed by atoms with Crippen LogP contribution in [-0.4, -0.2) is 46.6 Å². The van der Waals surface area contributed by atoms with E-state index in [4.69, 9.17) is 0 Å². The highest BCUT2D eigenvalue weighted by molar-refractivity contribution is 7.89. The van der Waals surface area contributed by atoms with Gasteiger partial charge in [0.2, 0.25) is 10.0 Å². The third-order valence-electron chi connectivity index (χ3n) is 4.26. The van der Waals surface area contributed by atoms with Gasteiger partial charge in [0.15, 0.2) is 5.65 Å². The highest BCUT2D eigenvalue weighted by atomic mass is 32.2. The molecule has 128 valence electrons. The summed E-state index contributed by atoms with van der Waals surface area (Å²) in [6, 6.07) is 8.75. The fraction of sp³-hybridized carbons (Fsp3) is 0.176. The first-order valence-corrected chi connectivity index (χ1v) is 9.14. The summed E-state index contributed by atoms with van der Waals surface area (Å²) in [6.45, 7) is 0. The highest BCUT2D eigenvalue weighted by Crippen LogP contribution is 2.29. The van der Waals surface area contributed by atoms with Gasteiger partial charge in [0.25, 0.3) is 0 Å². The smallest absolute Gasteiger partial charge is 0.242 e. The number of H-pyrrole nitrogens is 1. The molecule has 0 saturated carbocycles. The van der Waals surface area contributed by atoms with Gasteiger partial charge in [0.1, 0.15) is 0 Å². The molecular weight excluding hydrogens is 338 g/mol. The van der Waals surface area contributed by atoms with Gasteiger partial charge in [-0.1, -0.05) is 12.1 Å². The summed E-state index contributed by atoms with van der Waals surface area (Å²) in [5.74, 6) is 0. The van der Waals surface area contributed by atoms with Crippen LogP contribution in [0.4, 0.5) is 0 Å². The molecule has 0 aliphatic heterocycles. The van der Waals surface area contributed by atoms with Crippen molar-refractivity contribution in [3.63, 3.8) is 0 Å². The molecule has 8 heteroatoms. The number of nitrogens with one attached hydrogen (secondary N) is 1. The van der Waals surface area contributed by atoms with Crippen molar-refractivity contribution in [3.05, 3.63) is 42.7 Å². The number of aromatic nitrogens is 4. The normalized spacial score (nSPS) is 12.5. The van der Waals surface area contributed by atoms with E-state index in [1.54, 1.807) is 24.4 Å². The number of sulfonamides is 1. The molecule has 0 saturated heterocycles. The van der Waals surface area contributed by atoms with Crippen molar-refractivity contribution < 1.29 is 8.42 Å². The maximum Gasteiger partial charge on any atom is 0.242 e. The van der Waals surface area contributed by atoms with Gasteiger partial charge in [-0.25, -0.2) is 22.7 Å². The van der Waals surface area contributed by atoms with Crippen molar-refractivity contribution in [1.29, 1.82) is 0 Å². The molecule has 3 heterocycles. The first-order valence-electron chi connectivity index (χ1n) is 7.70. The maximum atomic E-state index is 12.4. The Morgan fingerprint density at radius 2 is 2.00 bits per heavy atom. The van der Waals surface area contributed by atoms with Gasteiger partial charge in [-0.05, 0) is 18.2 Å². The van der Waals surface area contributed by atoms with Gasteiger partial charge in [0, 0.05) is 49.9 Å². The number of pyridine rings is 1. The van der Waals surface area contributed by atoms with Gasteiger partial charge < -0.3 is 5.10 Å². The number of aromatic amines is 1. The van der Waals surface area contributed by atoms with E-state index in [0.29, 0.717) is 11.3 Å². The Balaban J connectivity index is 1.91. The molecule has 0 radical (unpaired) electrons. The number of rotatable bonds is 3. The van der Waals surface area contributed by atoms with Crippen molar-refractivity contribution in [2.24, 2.45) is 7.05 Å². The molecule has 1 aromatic carbocycles. The van der Waals surface area contributed by atoms with Crippen molar-refractivity contribution in [1.82, 2.24) is 24.1 Å². The minimum absolute atomic E-state index is 0.243. The Kier molecular flexibility index (Phi) is 3.41. The Labute approximate surface area is 145 Å². The molecule has 7 nitrogen and oxygen atoms in total. The van der Waals surface area contributed by atoms with E-state index >= 15 is 0 Å². The van der Waals surface area contributed by atoms with E-state index < -0.39 is 10.0 Å². The summed E-state index contributed by atoms with van der Waals surface area (Å²) in [4.78, 5) is 9.22. The lowest BCUT2D eigenvalue weighted by Crippen LogP contribution is -2.22. The van der Waals surface area contributed by atoms with Crippen molar-refractivity contribution in [2.75, 3.05) is 14.1 Å². The molecule has 0 fully saturated rings. The monoisotopic (exact) mass is 355 g/mol. The van der Waals surface area contributed by atoms with Crippen LogP contribution in [-0.2, 0) is 17.1 Å². The van der Waals surface area contributed by atoms with E-state index in [1.807, 2.05) is 30.1 Å². The van der Waals surface area contributed by atoms with Crippen LogP contribution in [0, 0.1) is 0 Å². The molecule has 0 amide bonds. The minimum Gasteiger partial charge on any atom is -0.305 e. The summed E-state index contributed by atoms with van der Waals surface area (Å²) in [7, 11) is 1.48. The summed E-state index contributed by atoms with van der Waals surface area (Å²) in [5.41, 5.74) is 3.10. The summed E-state index contributed by atoms with van der Waals surface area (Å²) >= 11 is 0. The Bertz CT molecular complexity index is 1200. The lowest BCUT2D eigenvalue weighted by molar-refractivity contribution is 0.521. The number of fused-ring (bicyclic) bond motifs is 3. The molecule has 0 spiro atoms. The van der Waals surface area contributed by atoms with Crippen LogP contribution in [0.1, 0.15) is 0 Å². The molecule has 0 bridgehead atoms. The zero-order chi connectivity index (χ0) is 17.8. The van der Waals surface area contributed by atoms with Gasteiger partial charge in [-0.2, -0.15) is 0 Å². The molecule has 0 unspecified atom stereocenters. The van der Waals surface area contributed by atoms with Gasteiger partial charge >= 0.3 is 0 Å². The topological polar surface area (TPSA) is 83.9 Å². The van der Waals surface area contributed by atoms with Crippen molar-refractivity contribution in [2.45, 2.75) is 4.90 Å². The van der Waals surface area contributed by atoms with E-state index in [9.17, 15) is 8.42 Å². The van der Waals surface area contributed by atoms with Crippen LogP contribution in [0.15, 0.2) is 47.6 Å². The lowest BCUT2D eigenvalue weighted by Gasteiger charge is -2.11. The summed E-state index contributed by atoms with van der Waals surface area (Å²) in [5, 5.41) is 5.05. The first-order chi connectivity index (χ1) is 11.9. The second kappa shape index (κ2) is 5.40.